The third-order valence-corrected chi connectivity index (χ3v) is 4.29. The summed E-state index contributed by atoms with van der Waals surface area (Å²) in [5.74, 6) is -1.44. The molecule has 3 rings (SSSR count). The van der Waals surface area contributed by atoms with Crippen LogP contribution < -0.4 is 19.9 Å². The van der Waals surface area contributed by atoms with E-state index in [1.807, 2.05) is 25.1 Å². The number of nitrogens with one attached hydrogen (secondary N) is 1. The van der Waals surface area contributed by atoms with Crippen LogP contribution in [0.4, 0.5) is 0 Å². The Labute approximate surface area is 134 Å². The molecule has 1 amide bonds. The van der Waals surface area contributed by atoms with Crippen LogP contribution in [-0.2, 0) is 16.1 Å². The fourth-order valence-electron chi connectivity index (χ4n) is 2.97. The van der Waals surface area contributed by atoms with Gasteiger partial charge in [-0.15, -0.1) is 0 Å². The smallest absolute Gasteiger partial charge is 0.231 e. The van der Waals surface area contributed by atoms with E-state index in [1.165, 1.54) is 0 Å². The Kier molecular flexibility index (Phi) is 4.23. The summed E-state index contributed by atoms with van der Waals surface area (Å²) >= 11 is 0. The van der Waals surface area contributed by atoms with Gasteiger partial charge in [0.25, 0.3) is 0 Å². The fourth-order valence-corrected chi connectivity index (χ4v) is 2.97. The van der Waals surface area contributed by atoms with Crippen LogP contribution >= 0.6 is 0 Å². The number of allylic oxidation sites excluding steroid dienone is 2. The summed E-state index contributed by atoms with van der Waals surface area (Å²) in [4.78, 5) is 23.6. The highest BCUT2D eigenvalue weighted by molar-refractivity contribution is 5.84. The normalized spacial score (nSPS) is 22.4. The molecular formula is C17H18NO5-. The standard InChI is InChI=1S/C17H19NO5/c1-10-2-4-12(17(20)21)13(6-10)16(19)18-8-11-3-5-14-15(7-11)23-9-22-14/h2-3,5,7,12-13H,4,6,8-9H2,1H3,(H,18,19)(H,20,21)/p-1/t12-,13-/m1/s1. The van der Waals surface area contributed by atoms with E-state index < -0.39 is 17.8 Å². The van der Waals surface area contributed by atoms with Gasteiger partial charge in [-0.1, -0.05) is 17.7 Å². The zero-order valence-electron chi connectivity index (χ0n) is 12.8. The van der Waals surface area contributed by atoms with Crippen molar-refractivity contribution < 1.29 is 24.2 Å². The maximum atomic E-state index is 12.4. The van der Waals surface area contributed by atoms with Crippen molar-refractivity contribution in [2.75, 3.05) is 6.79 Å². The highest BCUT2D eigenvalue weighted by Gasteiger charge is 2.31. The van der Waals surface area contributed by atoms with Gasteiger partial charge in [0.2, 0.25) is 12.7 Å². The summed E-state index contributed by atoms with van der Waals surface area (Å²) in [6, 6.07) is 5.45. The van der Waals surface area contributed by atoms with Crippen LogP contribution in [0.15, 0.2) is 29.8 Å². The first-order valence-electron chi connectivity index (χ1n) is 7.57. The van der Waals surface area contributed by atoms with E-state index in [0.717, 1.165) is 11.1 Å². The van der Waals surface area contributed by atoms with Gasteiger partial charge < -0.3 is 24.7 Å². The molecule has 2 atom stereocenters. The average Bonchev–Trinajstić information content (AvgIpc) is 2.99. The number of rotatable bonds is 4. The number of ether oxygens (including phenoxy) is 2. The van der Waals surface area contributed by atoms with Crippen molar-refractivity contribution in [2.45, 2.75) is 26.3 Å². The van der Waals surface area contributed by atoms with Crippen LogP contribution in [0.2, 0.25) is 0 Å². The number of carboxylic acids is 1. The van der Waals surface area contributed by atoms with Crippen LogP contribution in [0.5, 0.6) is 11.5 Å². The Hall–Kier alpha value is -2.50. The van der Waals surface area contributed by atoms with E-state index in [2.05, 4.69) is 5.32 Å². The summed E-state index contributed by atoms with van der Waals surface area (Å²) < 4.78 is 10.5. The minimum atomic E-state index is -1.17. The van der Waals surface area contributed by atoms with Crippen molar-refractivity contribution in [3.05, 3.63) is 35.4 Å². The summed E-state index contributed by atoms with van der Waals surface area (Å²) in [7, 11) is 0. The molecular weight excluding hydrogens is 298 g/mol. The van der Waals surface area contributed by atoms with Crippen molar-refractivity contribution >= 4 is 11.9 Å². The molecule has 1 aliphatic heterocycles. The molecule has 1 aromatic rings. The Morgan fingerprint density at radius 3 is 2.83 bits per heavy atom. The van der Waals surface area contributed by atoms with Crippen LogP contribution in [-0.4, -0.2) is 18.7 Å². The van der Waals surface area contributed by atoms with E-state index in [0.29, 0.717) is 30.9 Å². The summed E-state index contributed by atoms with van der Waals surface area (Å²) in [6.07, 6.45) is 2.66. The predicted octanol–water partition coefficient (Wildman–Crippen LogP) is 0.754. The molecule has 0 fully saturated rings. The largest absolute Gasteiger partial charge is 0.550 e. The van der Waals surface area contributed by atoms with Gasteiger partial charge in [0.05, 0.1) is 0 Å². The van der Waals surface area contributed by atoms with E-state index in [9.17, 15) is 14.7 Å². The minimum Gasteiger partial charge on any atom is -0.550 e. The predicted molar refractivity (Wildman–Crippen MR) is 79.4 cm³/mol. The molecule has 23 heavy (non-hydrogen) atoms. The van der Waals surface area contributed by atoms with Gasteiger partial charge in [0, 0.05) is 24.3 Å². The Morgan fingerprint density at radius 1 is 1.26 bits per heavy atom. The molecule has 0 aromatic heterocycles. The Balaban J connectivity index is 1.64. The zero-order chi connectivity index (χ0) is 16.4. The number of amides is 1. The van der Waals surface area contributed by atoms with Crippen LogP contribution in [0, 0.1) is 11.8 Å². The van der Waals surface area contributed by atoms with Crippen molar-refractivity contribution in [3.8, 4) is 11.5 Å². The number of fused-ring (bicyclic) bond motifs is 1. The molecule has 0 saturated carbocycles. The molecule has 0 radical (unpaired) electrons. The third kappa shape index (κ3) is 3.31. The zero-order valence-corrected chi connectivity index (χ0v) is 12.8. The lowest BCUT2D eigenvalue weighted by molar-refractivity contribution is -0.313. The molecule has 1 heterocycles. The third-order valence-electron chi connectivity index (χ3n) is 4.29. The van der Waals surface area contributed by atoms with Crippen molar-refractivity contribution in [1.82, 2.24) is 5.32 Å². The van der Waals surface area contributed by atoms with Gasteiger partial charge in [-0.05, 0) is 37.5 Å². The van der Waals surface area contributed by atoms with E-state index in [-0.39, 0.29) is 12.7 Å². The van der Waals surface area contributed by atoms with Crippen molar-refractivity contribution in [1.29, 1.82) is 0 Å². The molecule has 0 unspecified atom stereocenters. The molecule has 2 aliphatic rings. The van der Waals surface area contributed by atoms with Crippen LogP contribution in [0.1, 0.15) is 25.3 Å². The number of aliphatic carboxylic acids is 1. The number of carboxylic acid groups (broad SMARTS) is 1. The lowest BCUT2D eigenvalue weighted by Crippen LogP contribution is -2.44. The average molecular weight is 316 g/mol. The lowest BCUT2D eigenvalue weighted by atomic mass is 9.79. The topological polar surface area (TPSA) is 87.7 Å². The molecule has 0 spiro atoms. The monoisotopic (exact) mass is 316 g/mol. The van der Waals surface area contributed by atoms with E-state index in [1.54, 1.807) is 6.07 Å². The maximum Gasteiger partial charge on any atom is 0.231 e. The SMILES string of the molecule is CC1=CC[C@@H](C(=O)[O-])[C@H](C(=O)NCc2ccc3c(c2)OCO3)C1. The van der Waals surface area contributed by atoms with Crippen molar-refractivity contribution in [2.24, 2.45) is 11.8 Å². The molecule has 1 aliphatic carbocycles. The summed E-state index contributed by atoms with van der Waals surface area (Å²) in [5.41, 5.74) is 1.90. The number of hydrogen-bond acceptors (Lipinski definition) is 5. The Bertz CT molecular complexity index is 667. The first kappa shape index (κ1) is 15.4. The van der Waals surface area contributed by atoms with Crippen molar-refractivity contribution in [3.63, 3.8) is 0 Å². The second kappa shape index (κ2) is 6.32. The van der Waals surface area contributed by atoms with Gasteiger partial charge in [-0.2, -0.15) is 0 Å². The molecule has 6 nitrogen and oxygen atoms in total. The second-order valence-electron chi connectivity index (χ2n) is 5.93. The lowest BCUT2D eigenvalue weighted by Gasteiger charge is -2.30. The van der Waals surface area contributed by atoms with Crippen LogP contribution in [0.3, 0.4) is 0 Å². The molecule has 6 heteroatoms. The molecule has 0 bridgehead atoms. The van der Waals surface area contributed by atoms with Crippen LogP contribution in [0.25, 0.3) is 0 Å². The van der Waals surface area contributed by atoms with Gasteiger partial charge in [-0.25, -0.2) is 0 Å². The minimum absolute atomic E-state index is 0.201. The number of carbonyl (C=O) groups is 2. The first-order valence-corrected chi connectivity index (χ1v) is 7.57. The number of benzene rings is 1. The number of carbonyl (C=O) groups excluding carboxylic acids is 2. The van der Waals surface area contributed by atoms with Gasteiger partial charge >= 0.3 is 0 Å². The first-order chi connectivity index (χ1) is 11.0. The Morgan fingerprint density at radius 2 is 2.04 bits per heavy atom. The second-order valence-corrected chi connectivity index (χ2v) is 5.93. The van der Waals surface area contributed by atoms with Gasteiger partial charge in [-0.3, -0.25) is 4.79 Å². The van der Waals surface area contributed by atoms with E-state index >= 15 is 0 Å². The highest BCUT2D eigenvalue weighted by Crippen LogP contribution is 2.33. The molecule has 1 N–H and O–H groups in total. The fraction of sp³-hybridized carbons (Fsp3) is 0.412. The van der Waals surface area contributed by atoms with Gasteiger partial charge in [0.1, 0.15) is 0 Å². The quantitative estimate of drug-likeness (QED) is 0.828. The summed E-state index contributed by atoms with van der Waals surface area (Å²) in [6.45, 7) is 2.42. The number of hydrogen-bond donors (Lipinski definition) is 1. The summed E-state index contributed by atoms with van der Waals surface area (Å²) in [5, 5.41) is 14.0. The molecule has 122 valence electrons. The maximum absolute atomic E-state index is 12.4. The van der Waals surface area contributed by atoms with Gasteiger partial charge in [0.15, 0.2) is 11.5 Å². The highest BCUT2D eigenvalue weighted by atomic mass is 16.7. The molecule has 0 saturated heterocycles. The van der Waals surface area contributed by atoms with E-state index in [4.69, 9.17) is 9.47 Å². The molecule has 1 aromatic carbocycles.